The molecular formula is C11H11FO3. The largest absolute Gasteiger partial charge is 0.496 e. The minimum Gasteiger partial charge on any atom is -0.496 e. The predicted molar refractivity (Wildman–Crippen MR) is 53.4 cm³/mol. The van der Waals surface area contributed by atoms with Gasteiger partial charge >= 0.3 is 5.97 Å². The molecule has 15 heavy (non-hydrogen) atoms. The number of rotatable bonds is 3. The van der Waals surface area contributed by atoms with Crippen molar-refractivity contribution in [1.29, 1.82) is 0 Å². The van der Waals surface area contributed by atoms with Gasteiger partial charge in [-0.2, -0.15) is 0 Å². The van der Waals surface area contributed by atoms with Gasteiger partial charge in [0.2, 0.25) is 0 Å². The first kappa shape index (κ1) is 11.2. The Morgan fingerprint density at radius 1 is 1.33 bits per heavy atom. The highest BCUT2D eigenvalue weighted by molar-refractivity contribution is 5.89. The summed E-state index contributed by atoms with van der Waals surface area (Å²) in [6.45, 7) is 0. The Morgan fingerprint density at radius 3 is 2.60 bits per heavy atom. The first-order valence-corrected chi connectivity index (χ1v) is 4.27. The van der Waals surface area contributed by atoms with Gasteiger partial charge in [-0.1, -0.05) is 12.1 Å². The van der Waals surface area contributed by atoms with E-state index in [0.29, 0.717) is 5.56 Å². The zero-order valence-electron chi connectivity index (χ0n) is 8.49. The predicted octanol–water partition coefficient (Wildman–Crippen LogP) is 1.99. The number of benzene rings is 1. The Kier molecular flexibility index (Phi) is 3.85. The zero-order chi connectivity index (χ0) is 11.3. The van der Waals surface area contributed by atoms with Crippen LogP contribution in [-0.4, -0.2) is 20.2 Å². The highest BCUT2D eigenvalue weighted by Crippen LogP contribution is 2.15. The molecule has 4 heteroatoms. The fraction of sp³-hybridized carbons (Fsp3) is 0.182. The third-order valence-electron chi connectivity index (χ3n) is 1.78. The number of hydrogen-bond acceptors (Lipinski definition) is 3. The number of hydrogen-bond donors (Lipinski definition) is 0. The monoisotopic (exact) mass is 210 g/mol. The molecule has 0 saturated heterocycles. The maximum atomic E-state index is 12.9. The van der Waals surface area contributed by atoms with Crippen LogP contribution in [0.4, 0.5) is 4.39 Å². The topological polar surface area (TPSA) is 35.5 Å². The number of halogens is 1. The third-order valence-corrected chi connectivity index (χ3v) is 1.78. The molecule has 1 aromatic rings. The lowest BCUT2D eigenvalue weighted by Crippen LogP contribution is -1.98. The van der Waals surface area contributed by atoms with Crippen LogP contribution in [0.3, 0.4) is 0 Å². The maximum absolute atomic E-state index is 12.9. The Morgan fingerprint density at radius 2 is 2.07 bits per heavy atom. The Balaban J connectivity index is 3.02. The summed E-state index contributed by atoms with van der Waals surface area (Å²) in [5.41, 5.74) is 0.489. The van der Waals surface area contributed by atoms with Gasteiger partial charge < -0.3 is 9.47 Å². The van der Waals surface area contributed by atoms with Crippen LogP contribution in [0.1, 0.15) is 5.56 Å². The highest BCUT2D eigenvalue weighted by atomic mass is 19.1. The van der Waals surface area contributed by atoms with Gasteiger partial charge in [0.1, 0.15) is 11.6 Å². The smallest absolute Gasteiger partial charge is 0.334 e. The fourth-order valence-corrected chi connectivity index (χ4v) is 1.07. The van der Waals surface area contributed by atoms with Crippen molar-refractivity contribution >= 4 is 11.7 Å². The molecule has 0 amide bonds. The molecule has 3 nitrogen and oxygen atoms in total. The standard InChI is InChI=1S/C11H11FO3/c1-14-10(7-11(13)15-2)8-4-3-5-9(12)6-8/h3-7H,1-2H3. The molecule has 80 valence electrons. The summed E-state index contributed by atoms with van der Waals surface area (Å²) in [4.78, 5) is 11.0. The van der Waals surface area contributed by atoms with Gasteiger partial charge in [-0.3, -0.25) is 0 Å². The minimum atomic E-state index is -0.545. The fourth-order valence-electron chi connectivity index (χ4n) is 1.07. The molecule has 0 N–H and O–H groups in total. The molecule has 1 aromatic carbocycles. The average Bonchev–Trinajstić information content (AvgIpc) is 2.25. The average molecular weight is 210 g/mol. The van der Waals surface area contributed by atoms with Gasteiger partial charge in [0, 0.05) is 5.56 Å². The van der Waals surface area contributed by atoms with Crippen LogP contribution in [0, 0.1) is 5.82 Å². The Hall–Kier alpha value is -1.84. The summed E-state index contributed by atoms with van der Waals surface area (Å²) in [6, 6.07) is 5.77. The lowest BCUT2D eigenvalue weighted by atomic mass is 10.2. The number of ether oxygens (including phenoxy) is 2. The summed E-state index contributed by atoms with van der Waals surface area (Å²) >= 11 is 0. The first-order valence-electron chi connectivity index (χ1n) is 4.27. The van der Waals surface area contributed by atoms with E-state index in [1.54, 1.807) is 6.07 Å². The van der Waals surface area contributed by atoms with E-state index < -0.39 is 5.97 Å². The summed E-state index contributed by atoms with van der Waals surface area (Å²) in [5, 5.41) is 0. The number of esters is 1. The molecule has 0 aromatic heterocycles. The number of carbonyl (C=O) groups excluding carboxylic acids is 1. The van der Waals surface area contributed by atoms with Crippen LogP contribution in [0.15, 0.2) is 30.3 Å². The molecule has 0 spiro atoms. The van der Waals surface area contributed by atoms with Gasteiger partial charge in [0.25, 0.3) is 0 Å². The van der Waals surface area contributed by atoms with Crippen molar-refractivity contribution < 1.29 is 18.7 Å². The molecule has 0 unspecified atom stereocenters. The van der Waals surface area contributed by atoms with Crippen LogP contribution in [0.25, 0.3) is 5.76 Å². The summed E-state index contributed by atoms with van der Waals surface area (Å²) in [7, 11) is 2.66. The normalized spacial score (nSPS) is 11.0. The lowest BCUT2D eigenvalue weighted by molar-refractivity contribution is -0.134. The molecule has 0 heterocycles. The van der Waals surface area contributed by atoms with Gasteiger partial charge in [-0.05, 0) is 12.1 Å². The highest BCUT2D eigenvalue weighted by Gasteiger charge is 2.05. The number of carbonyl (C=O) groups is 1. The van der Waals surface area contributed by atoms with E-state index in [1.807, 2.05) is 0 Å². The zero-order valence-corrected chi connectivity index (χ0v) is 8.49. The van der Waals surface area contributed by atoms with Crippen LogP contribution in [0.5, 0.6) is 0 Å². The van der Waals surface area contributed by atoms with Crippen molar-refractivity contribution in [3.63, 3.8) is 0 Å². The van der Waals surface area contributed by atoms with Crippen molar-refractivity contribution in [2.75, 3.05) is 14.2 Å². The van der Waals surface area contributed by atoms with Gasteiger partial charge in [-0.25, -0.2) is 9.18 Å². The van der Waals surface area contributed by atoms with Gasteiger partial charge in [0.05, 0.1) is 20.3 Å². The van der Waals surface area contributed by atoms with Crippen molar-refractivity contribution in [3.05, 3.63) is 41.7 Å². The van der Waals surface area contributed by atoms with Crippen LogP contribution >= 0.6 is 0 Å². The molecule has 0 fully saturated rings. The number of methoxy groups -OCH3 is 2. The van der Waals surface area contributed by atoms with Gasteiger partial charge in [-0.15, -0.1) is 0 Å². The molecule has 1 rings (SSSR count). The van der Waals surface area contributed by atoms with E-state index in [0.717, 1.165) is 6.08 Å². The minimum absolute atomic E-state index is 0.265. The van der Waals surface area contributed by atoms with E-state index in [4.69, 9.17) is 4.74 Å². The molecule has 0 aliphatic rings. The van der Waals surface area contributed by atoms with Crippen molar-refractivity contribution in [2.24, 2.45) is 0 Å². The van der Waals surface area contributed by atoms with Crippen LogP contribution in [0.2, 0.25) is 0 Å². The quantitative estimate of drug-likeness (QED) is 0.434. The third kappa shape index (κ3) is 3.09. The molecule has 0 radical (unpaired) electrons. The molecular weight excluding hydrogens is 199 g/mol. The molecule has 0 saturated carbocycles. The van der Waals surface area contributed by atoms with Gasteiger partial charge in [0.15, 0.2) is 0 Å². The lowest BCUT2D eigenvalue weighted by Gasteiger charge is -2.05. The summed E-state index contributed by atoms with van der Waals surface area (Å²) in [6.07, 6.45) is 1.16. The summed E-state index contributed by atoms with van der Waals surface area (Å²) < 4.78 is 22.3. The summed E-state index contributed by atoms with van der Waals surface area (Å²) in [5.74, 6) is -0.669. The van der Waals surface area contributed by atoms with Crippen molar-refractivity contribution in [3.8, 4) is 0 Å². The maximum Gasteiger partial charge on any atom is 0.334 e. The van der Waals surface area contributed by atoms with E-state index in [1.165, 1.54) is 32.4 Å². The van der Waals surface area contributed by atoms with E-state index >= 15 is 0 Å². The second-order valence-electron chi connectivity index (χ2n) is 2.75. The van der Waals surface area contributed by atoms with Crippen molar-refractivity contribution in [1.82, 2.24) is 0 Å². The second-order valence-corrected chi connectivity index (χ2v) is 2.75. The Bertz CT molecular complexity index is 385. The SMILES string of the molecule is COC(=O)C=C(OC)c1cccc(F)c1. The molecule has 0 bridgehead atoms. The molecule has 0 atom stereocenters. The van der Waals surface area contributed by atoms with E-state index in [9.17, 15) is 9.18 Å². The first-order chi connectivity index (χ1) is 7.17. The molecule has 0 aliphatic carbocycles. The van der Waals surface area contributed by atoms with E-state index in [-0.39, 0.29) is 11.6 Å². The second kappa shape index (κ2) is 5.14. The van der Waals surface area contributed by atoms with Crippen LogP contribution in [-0.2, 0) is 14.3 Å². The van der Waals surface area contributed by atoms with E-state index in [2.05, 4.69) is 4.74 Å². The Labute approximate surface area is 87.1 Å². The molecule has 0 aliphatic heterocycles. The van der Waals surface area contributed by atoms with Crippen molar-refractivity contribution in [2.45, 2.75) is 0 Å². The van der Waals surface area contributed by atoms with Crippen LogP contribution < -0.4 is 0 Å².